The molecule has 7 heteroatoms. The smallest absolute Gasteiger partial charge is 0.322 e. The van der Waals surface area contributed by atoms with Crippen LogP contribution in [0.15, 0.2) is 24.3 Å². The number of benzene rings is 1. The lowest BCUT2D eigenvalue weighted by atomic mass is 9.80. The Balaban J connectivity index is 1.53. The van der Waals surface area contributed by atoms with E-state index in [0.717, 1.165) is 32.5 Å². The number of rotatable bonds is 5. The molecule has 2 fully saturated rings. The van der Waals surface area contributed by atoms with Crippen LogP contribution in [-0.4, -0.2) is 48.6 Å². The number of nitriles is 1. The summed E-state index contributed by atoms with van der Waals surface area (Å²) in [6.07, 6.45) is 1.89. The second kappa shape index (κ2) is 7.11. The van der Waals surface area contributed by atoms with Crippen LogP contribution >= 0.6 is 0 Å². The summed E-state index contributed by atoms with van der Waals surface area (Å²) in [6, 6.07) is 8.77. The Morgan fingerprint density at radius 2 is 2.28 bits per heavy atom. The van der Waals surface area contributed by atoms with Gasteiger partial charge in [0, 0.05) is 19.0 Å². The van der Waals surface area contributed by atoms with Crippen molar-refractivity contribution < 1.29 is 14.3 Å². The summed E-state index contributed by atoms with van der Waals surface area (Å²) >= 11 is 0. The third-order valence-corrected chi connectivity index (χ3v) is 5.03. The van der Waals surface area contributed by atoms with Crippen LogP contribution < -0.4 is 15.4 Å². The van der Waals surface area contributed by atoms with Gasteiger partial charge in [-0.1, -0.05) is 6.07 Å². The number of urea groups is 1. The summed E-state index contributed by atoms with van der Waals surface area (Å²) in [5.74, 6) is 0.519. The largest absolute Gasteiger partial charge is 0.492 e. The van der Waals surface area contributed by atoms with Crippen molar-refractivity contribution >= 4 is 11.9 Å². The van der Waals surface area contributed by atoms with Crippen LogP contribution in [0, 0.1) is 17.2 Å². The van der Waals surface area contributed by atoms with E-state index in [1.807, 2.05) is 6.07 Å². The second-order valence-corrected chi connectivity index (χ2v) is 6.74. The number of hydrogen-bond donors (Lipinski definition) is 2. The molecule has 7 nitrogen and oxygen atoms in total. The summed E-state index contributed by atoms with van der Waals surface area (Å²) in [6.45, 7) is 4.73. The van der Waals surface area contributed by atoms with Crippen LogP contribution in [0.3, 0.4) is 0 Å². The molecule has 2 aliphatic rings. The first-order valence-corrected chi connectivity index (χ1v) is 8.50. The number of nitrogens with zero attached hydrogens (tertiary/aromatic N) is 2. The number of ether oxygens (including phenoxy) is 1. The van der Waals surface area contributed by atoms with Gasteiger partial charge in [-0.05, 0) is 44.5 Å². The van der Waals surface area contributed by atoms with Crippen molar-refractivity contribution in [3.05, 3.63) is 29.8 Å². The molecule has 3 rings (SSSR count). The molecule has 2 atom stereocenters. The van der Waals surface area contributed by atoms with E-state index in [0.29, 0.717) is 17.9 Å². The lowest BCUT2D eigenvalue weighted by Crippen LogP contribution is -2.56. The Bertz CT molecular complexity index is 715. The van der Waals surface area contributed by atoms with E-state index in [1.165, 1.54) is 0 Å². The van der Waals surface area contributed by atoms with Gasteiger partial charge < -0.3 is 10.1 Å². The minimum atomic E-state index is -0.836. The molecule has 132 valence electrons. The molecule has 1 aromatic carbocycles. The van der Waals surface area contributed by atoms with Crippen molar-refractivity contribution in [3.63, 3.8) is 0 Å². The van der Waals surface area contributed by atoms with Gasteiger partial charge in [0.05, 0.1) is 11.6 Å². The van der Waals surface area contributed by atoms with E-state index in [2.05, 4.69) is 21.6 Å². The molecule has 3 amide bonds. The highest BCUT2D eigenvalue weighted by Crippen LogP contribution is 2.29. The molecule has 0 spiro atoms. The first-order chi connectivity index (χ1) is 12.0. The van der Waals surface area contributed by atoms with Crippen LogP contribution in [0.25, 0.3) is 0 Å². The predicted molar refractivity (Wildman–Crippen MR) is 90.9 cm³/mol. The fourth-order valence-corrected chi connectivity index (χ4v) is 3.52. The lowest BCUT2D eigenvalue weighted by molar-refractivity contribution is -0.126. The van der Waals surface area contributed by atoms with Gasteiger partial charge in [0.25, 0.3) is 5.91 Å². The van der Waals surface area contributed by atoms with Gasteiger partial charge in [-0.2, -0.15) is 5.26 Å². The van der Waals surface area contributed by atoms with Crippen LogP contribution in [0.1, 0.15) is 25.3 Å². The molecule has 0 aromatic heterocycles. The highest BCUT2D eigenvalue weighted by Gasteiger charge is 2.48. The zero-order chi connectivity index (χ0) is 17.9. The van der Waals surface area contributed by atoms with E-state index >= 15 is 0 Å². The number of likely N-dealkylation sites (tertiary alicyclic amines) is 1. The number of carbonyl (C=O) groups excluding carboxylic acids is 2. The molecule has 2 saturated heterocycles. The van der Waals surface area contributed by atoms with Crippen LogP contribution in [0.2, 0.25) is 0 Å². The van der Waals surface area contributed by atoms with Crippen molar-refractivity contribution in [1.82, 2.24) is 15.5 Å². The van der Waals surface area contributed by atoms with Gasteiger partial charge in [-0.15, -0.1) is 0 Å². The standard InChI is InChI=1S/C18H22N4O3/c1-18(16(23)20-17(24)21-18)14-5-3-7-22(12-14)8-9-25-15-6-2-4-13(10-15)11-19/h2,4,6,10,14H,3,5,7-9,12H2,1H3,(H2,20,21,23,24)/t14-,18+/m1/s1. The minimum Gasteiger partial charge on any atom is -0.492 e. The predicted octanol–water partition coefficient (Wildman–Crippen LogP) is 1.25. The molecular weight excluding hydrogens is 320 g/mol. The van der Waals surface area contributed by atoms with Gasteiger partial charge in [-0.25, -0.2) is 4.79 Å². The third kappa shape index (κ3) is 3.74. The van der Waals surface area contributed by atoms with E-state index < -0.39 is 11.6 Å². The maximum atomic E-state index is 12.1. The zero-order valence-corrected chi connectivity index (χ0v) is 14.2. The Labute approximate surface area is 146 Å². The van der Waals surface area contributed by atoms with Crippen LogP contribution in [0.5, 0.6) is 5.75 Å². The fraction of sp³-hybridized carbons (Fsp3) is 0.500. The molecule has 0 radical (unpaired) electrons. The Morgan fingerprint density at radius 1 is 1.44 bits per heavy atom. The molecular formula is C18H22N4O3. The molecule has 25 heavy (non-hydrogen) atoms. The monoisotopic (exact) mass is 342 g/mol. The van der Waals surface area contributed by atoms with Crippen LogP contribution in [0.4, 0.5) is 4.79 Å². The normalized spacial score (nSPS) is 26.6. The van der Waals surface area contributed by atoms with E-state index in [9.17, 15) is 9.59 Å². The highest BCUT2D eigenvalue weighted by atomic mass is 16.5. The van der Waals surface area contributed by atoms with Crippen molar-refractivity contribution in [1.29, 1.82) is 5.26 Å². The number of nitrogens with one attached hydrogen (secondary N) is 2. The SMILES string of the molecule is C[C@@]1([C@@H]2CCCN(CCOc3cccc(C#N)c3)C2)NC(=O)NC1=O. The number of amides is 3. The number of piperidine rings is 1. The average Bonchev–Trinajstić information content (AvgIpc) is 2.88. The number of hydrogen-bond acceptors (Lipinski definition) is 5. The summed E-state index contributed by atoms with van der Waals surface area (Å²) in [5.41, 5.74) is -0.260. The Kier molecular flexibility index (Phi) is 4.91. The summed E-state index contributed by atoms with van der Waals surface area (Å²) in [4.78, 5) is 25.8. The number of imide groups is 1. The molecule has 0 saturated carbocycles. The Hall–Kier alpha value is -2.59. The van der Waals surface area contributed by atoms with Crippen molar-refractivity contribution in [3.8, 4) is 11.8 Å². The van der Waals surface area contributed by atoms with Crippen LogP contribution in [-0.2, 0) is 4.79 Å². The van der Waals surface area contributed by atoms with E-state index in [4.69, 9.17) is 10.00 Å². The van der Waals surface area contributed by atoms with E-state index in [-0.39, 0.29) is 11.8 Å². The molecule has 1 aromatic rings. The zero-order valence-electron chi connectivity index (χ0n) is 14.2. The fourth-order valence-electron chi connectivity index (χ4n) is 3.52. The van der Waals surface area contributed by atoms with Gasteiger partial charge in [0.15, 0.2) is 0 Å². The van der Waals surface area contributed by atoms with Crippen molar-refractivity contribution in [2.75, 3.05) is 26.2 Å². The molecule has 2 N–H and O–H groups in total. The van der Waals surface area contributed by atoms with Gasteiger partial charge in [0.1, 0.15) is 17.9 Å². The first kappa shape index (κ1) is 17.2. The maximum absolute atomic E-state index is 12.1. The minimum absolute atomic E-state index is 0.0783. The summed E-state index contributed by atoms with van der Waals surface area (Å²) in [7, 11) is 0. The van der Waals surface area contributed by atoms with Crippen molar-refractivity contribution in [2.45, 2.75) is 25.3 Å². The summed E-state index contributed by atoms with van der Waals surface area (Å²) in [5, 5.41) is 14.0. The molecule has 0 aliphatic carbocycles. The molecule has 2 heterocycles. The number of carbonyl (C=O) groups is 2. The topological polar surface area (TPSA) is 94.5 Å². The second-order valence-electron chi connectivity index (χ2n) is 6.74. The first-order valence-electron chi connectivity index (χ1n) is 8.50. The van der Waals surface area contributed by atoms with Gasteiger partial charge >= 0.3 is 6.03 Å². The Morgan fingerprint density at radius 3 is 3.00 bits per heavy atom. The van der Waals surface area contributed by atoms with E-state index in [1.54, 1.807) is 25.1 Å². The molecule has 2 aliphatic heterocycles. The van der Waals surface area contributed by atoms with Gasteiger partial charge in [-0.3, -0.25) is 15.0 Å². The lowest BCUT2D eigenvalue weighted by Gasteiger charge is -2.39. The van der Waals surface area contributed by atoms with Gasteiger partial charge in [0.2, 0.25) is 0 Å². The maximum Gasteiger partial charge on any atom is 0.322 e. The molecule has 0 bridgehead atoms. The highest BCUT2D eigenvalue weighted by molar-refractivity contribution is 6.06. The summed E-state index contributed by atoms with van der Waals surface area (Å²) < 4.78 is 5.73. The third-order valence-electron chi connectivity index (χ3n) is 5.03. The quantitative estimate of drug-likeness (QED) is 0.785. The molecule has 0 unspecified atom stereocenters. The average molecular weight is 342 g/mol. The van der Waals surface area contributed by atoms with Crippen molar-refractivity contribution in [2.24, 2.45) is 5.92 Å².